The van der Waals surface area contributed by atoms with E-state index >= 15 is 0 Å². The third kappa shape index (κ3) is 4.89. The summed E-state index contributed by atoms with van der Waals surface area (Å²) in [5.74, 6) is 0. The number of hydrazine groups is 1. The number of rotatable bonds is 6. The summed E-state index contributed by atoms with van der Waals surface area (Å²) in [6, 6.07) is 8.26. The van der Waals surface area contributed by atoms with Gasteiger partial charge in [0.05, 0.1) is 31.4 Å². The number of amides is 2. The Morgan fingerprint density at radius 2 is 1.70 bits per heavy atom. The molecule has 27 heavy (non-hydrogen) atoms. The fourth-order valence-electron chi connectivity index (χ4n) is 2.94. The van der Waals surface area contributed by atoms with E-state index in [-0.39, 0.29) is 13.2 Å². The first kappa shape index (κ1) is 20.5. The Kier molecular flexibility index (Phi) is 7.43. The zero-order valence-electron chi connectivity index (χ0n) is 15.7. The van der Waals surface area contributed by atoms with Crippen molar-refractivity contribution in [1.82, 2.24) is 10.0 Å². The maximum absolute atomic E-state index is 12.5. The van der Waals surface area contributed by atoms with Crippen LogP contribution in [0.15, 0.2) is 55.1 Å². The second kappa shape index (κ2) is 9.78. The number of hydrogen-bond donors (Lipinski definition) is 1. The molecule has 1 saturated heterocycles. The van der Waals surface area contributed by atoms with E-state index in [0.717, 1.165) is 5.56 Å². The van der Waals surface area contributed by atoms with Gasteiger partial charge in [-0.25, -0.2) is 19.6 Å². The molecule has 1 aromatic carbocycles. The second-order valence-electron chi connectivity index (χ2n) is 5.93. The summed E-state index contributed by atoms with van der Waals surface area (Å²) in [5, 5.41) is 12.8. The average molecular weight is 374 g/mol. The molecular formula is C20H26N2O5. The van der Waals surface area contributed by atoms with Gasteiger partial charge in [0.25, 0.3) is 0 Å². The smallest absolute Gasteiger partial charge is 0.429 e. The van der Waals surface area contributed by atoms with Crippen molar-refractivity contribution >= 4 is 12.2 Å². The van der Waals surface area contributed by atoms with Crippen LogP contribution in [0, 0.1) is 0 Å². The minimum absolute atomic E-state index is 0.174. The summed E-state index contributed by atoms with van der Waals surface area (Å²) >= 11 is 0. The zero-order valence-corrected chi connectivity index (χ0v) is 15.7. The van der Waals surface area contributed by atoms with Crippen LogP contribution in [0.2, 0.25) is 0 Å². The normalized spacial score (nSPS) is 20.6. The molecule has 0 spiro atoms. The topological polar surface area (TPSA) is 79.3 Å². The maximum Gasteiger partial charge on any atom is 0.429 e. The molecule has 0 aliphatic carbocycles. The van der Waals surface area contributed by atoms with Crippen molar-refractivity contribution in [3.8, 4) is 0 Å². The highest BCUT2D eigenvalue weighted by Gasteiger charge is 2.44. The summed E-state index contributed by atoms with van der Waals surface area (Å²) in [4.78, 5) is 24.8. The lowest BCUT2D eigenvalue weighted by atomic mass is 10.1. The number of ether oxygens (including phenoxy) is 2. The third-order valence-electron chi connectivity index (χ3n) is 4.18. The van der Waals surface area contributed by atoms with Crippen molar-refractivity contribution < 1.29 is 24.2 Å². The maximum atomic E-state index is 12.5. The quantitative estimate of drug-likeness (QED) is 0.772. The molecule has 0 bridgehead atoms. The Bertz CT molecular complexity index is 676. The lowest BCUT2D eigenvalue weighted by Gasteiger charge is -2.31. The Hall–Kier alpha value is -2.80. The van der Waals surface area contributed by atoms with Gasteiger partial charge in [-0.3, -0.25) is 0 Å². The molecule has 146 valence electrons. The van der Waals surface area contributed by atoms with E-state index in [1.165, 1.54) is 10.0 Å². The fourth-order valence-corrected chi connectivity index (χ4v) is 2.94. The Morgan fingerprint density at radius 1 is 1.15 bits per heavy atom. The summed E-state index contributed by atoms with van der Waals surface area (Å²) < 4.78 is 10.2. The van der Waals surface area contributed by atoms with Gasteiger partial charge in [-0.1, -0.05) is 48.6 Å². The van der Waals surface area contributed by atoms with Gasteiger partial charge in [0.1, 0.15) is 0 Å². The number of aliphatic hydroxyl groups is 1. The van der Waals surface area contributed by atoms with E-state index in [9.17, 15) is 14.7 Å². The van der Waals surface area contributed by atoms with Gasteiger partial charge in [-0.15, -0.1) is 6.58 Å². The van der Waals surface area contributed by atoms with E-state index in [1.54, 1.807) is 32.1 Å². The van der Waals surface area contributed by atoms with Crippen molar-refractivity contribution in [2.24, 2.45) is 0 Å². The number of benzene rings is 1. The molecule has 0 radical (unpaired) electrons. The largest absolute Gasteiger partial charge is 0.448 e. The predicted octanol–water partition coefficient (Wildman–Crippen LogP) is 3.44. The number of hydrogen-bond acceptors (Lipinski definition) is 5. The number of aliphatic hydroxyl groups excluding tert-OH is 1. The number of carbonyl (C=O) groups excluding carboxylic acids is 2. The molecule has 7 heteroatoms. The van der Waals surface area contributed by atoms with Gasteiger partial charge >= 0.3 is 12.2 Å². The Balaban J connectivity index is 2.26. The molecule has 0 saturated carbocycles. The SMILES string of the molecule is C=C[C@H]1C[C@@H](/C=C/[C@@H](O)c2ccccc2)N(C(=O)OCC)N1C(=O)OCC. The van der Waals surface area contributed by atoms with Gasteiger partial charge < -0.3 is 14.6 Å². The van der Waals surface area contributed by atoms with E-state index in [1.807, 2.05) is 30.3 Å². The Morgan fingerprint density at radius 3 is 2.22 bits per heavy atom. The first-order chi connectivity index (χ1) is 13.0. The summed E-state index contributed by atoms with van der Waals surface area (Å²) in [5.41, 5.74) is 0.733. The molecule has 1 aliphatic heterocycles. The molecule has 3 atom stereocenters. The lowest BCUT2D eigenvalue weighted by molar-refractivity contribution is -0.00908. The second-order valence-corrected chi connectivity index (χ2v) is 5.93. The molecule has 1 aliphatic rings. The predicted molar refractivity (Wildman–Crippen MR) is 101 cm³/mol. The standard InChI is InChI=1S/C20H26N2O5/c1-4-16-14-17(12-13-18(23)15-10-8-7-9-11-15)22(20(25)27-6-3)21(16)19(24)26-5-2/h4,7-13,16-18,23H,1,5-6,14H2,2-3H3/b13-12+/t16-,17+,18+/m0/s1. The minimum Gasteiger partial charge on any atom is -0.448 e. The van der Waals surface area contributed by atoms with Crippen LogP contribution in [-0.4, -0.2) is 52.6 Å². The highest BCUT2D eigenvalue weighted by Crippen LogP contribution is 2.29. The highest BCUT2D eigenvalue weighted by molar-refractivity contribution is 5.76. The van der Waals surface area contributed by atoms with Crippen LogP contribution < -0.4 is 0 Å². The molecule has 1 N–H and O–H groups in total. The van der Waals surface area contributed by atoms with Gasteiger partial charge in [0, 0.05) is 0 Å². The Labute approximate surface area is 159 Å². The molecule has 0 aromatic heterocycles. The van der Waals surface area contributed by atoms with E-state index in [0.29, 0.717) is 6.42 Å². The molecular weight excluding hydrogens is 348 g/mol. The van der Waals surface area contributed by atoms with Gasteiger partial charge in [0.2, 0.25) is 0 Å². The van der Waals surface area contributed by atoms with Crippen LogP contribution in [0.5, 0.6) is 0 Å². The zero-order chi connectivity index (χ0) is 19.8. The van der Waals surface area contributed by atoms with E-state index in [4.69, 9.17) is 9.47 Å². The molecule has 1 heterocycles. The van der Waals surface area contributed by atoms with Crippen molar-refractivity contribution in [1.29, 1.82) is 0 Å². The molecule has 0 unspecified atom stereocenters. The van der Waals surface area contributed by atoms with Crippen LogP contribution in [0.1, 0.15) is 31.9 Å². The lowest BCUT2D eigenvalue weighted by Crippen LogP contribution is -2.50. The first-order valence-corrected chi connectivity index (χ1v) is 8.99. The van der Waals surface area contributed by atoms with Gasteiger partial charge in [-0.05, 0) is 25.8 Å². The number of nitrogens with zero attached hydrogens (tertiary/aromatic N) is 2. The third-order valence-corrected chi connectivity index (χ3v) is 4.18. The van der Waals surface area contributed by atoms with Crippen LogP contribution in [-0.2, 0) is 9.47 Å². The fraction of sp³-hybridized carbons (Fsp3) is 0.400. The van der Waals surface area contributed by atoms with Crippen molar-refractivity contribution in [3.63, 3.8) is 0 Å². The summed E-state index contributed by atoms with van der Waals surface area (Å²) in [6.07, 6.45) is 3.19. The highest BCUT2D eigenvalue weighted by atomic mass is 16.6. The summed E-state index contributed by atoms with van der Waals surface area (Å²) in [6.45, 7) is 7.49. The van der Waals surface area contributed by atoms with E-state index in [2.05, 4.69) is 6.58 Å². The molecule has 7 nitrogen and oxygen atoms in total. The molecule has 1 fully saturated rings. The first-order valence-electron chi connectivity index (χ1n) is 8.99. The van der Waals surface area contributed by atoms with Gasteiger partial charge in [0.15, 0.2) is 0 Å². The summed E-state index contributed by atoms with van der Waals surface area (Å²) in [7, 11) is 0. The van der Waals surface area contributed by atoms with Crippen LogP contribution in [0.3, 0.4) is 0 Å². The molecule has 1 aromatic rings. The van der Waals surface area contributed by atoms with E-state index < -0.39 is 30.4 Å². The van der Waals surface area contributed by atoms with Crippen LogP contribution in [0.4, 0.5) is 9.59 Å². The van der Waals surface area contributed by atoms with Gasteiger partial charge in [-0.2, -0.15) is 0 Å². The average Bonchev–Trinajstić information content (AvgIpc) is 3.06. The van der Waals surface area contributed by atoms with Crippen molar-refractivity contribution in [3.05, 3.63) is 60.7 Å². The minimum atomic E-state index is -0.825. The van der Waals surface area contributed by atoms with Crippen LogP contribution in [0.25, 0.3) is 0 Å². The monoisotopic (exact) mass is 374 g/mol. The molecule has 2 amide bonds. The van der Waals surface area contributed by atoms with Crippen molar-refractivity contribution in [2.75, 3.05) is 13.2 Å². The molecule has 2 rings (SSSR count). The number of carbonyl (C=O) groups is 2. The van der Waals surface area contributed by atoms with Crippen LogP contribution >= 0.6 is 0 Å². The van der Waals surface area contributed by atoms with Crippen molar-refractivity contribution in [2.45, 2.75) is 38.5 Å².